The van der Waals surface area contributed by atoms with Crippen molar-refractivity contribution in [3.05, 3.63) is 35.9 Å². The van der Waals surface area contributed by atoms with Gasteiger partial charge in [-0.25, -0.2) is 0 Å². The van der Waals surface area contributed by atoms with Crippen molar-refractivity contribution in [3.63, 3.8) is 0 Å². The summed E-state index contributed by atoms with van der Waals surface area (Å²) in [5.41, 5.74) is 1.15. The lowest BCUT2D eigenvalue weighted by Gasteiger charge is -2.32. The first-order valence-electron chi connectivity index (χ1n) is 7.74. The molecule has 1 aliphatic heterocycles. The van der Waals surface area contributed by atoms with Gasteiger partial charge in [0.15, 0.2) is 0 Å². The van der Waals surface area contributed by atoms with Gasteiger partial charge in [0.1, 0.15) is 6.10 Å². The number of hydrogen-bond donors (Lipinski definition) is 0. The van der Waals surface area contributed by atoms with Crippen molar-refractivity contribution in [2.24, 2.45) is 0 Å². The van der Waals surface area contributed by atoms with Crippen molar-refractivity contribution >= 4 is 5.91 Å². The van der Waals surface area contributed by atoms with Crippen LogP contribution in [0.15, 0.2) is 30.3 Å². The van der Waals surface area contributed by atoms with Gasteiger partial charge in [-0.2, -0.15) is 0 Å². The minimum Gasteiger partial charge on any atom is -0.375 e. The summed E-state index contributed by atoms with van der Waals surface area (Å²) >= 11 is 0. The first-order valence-corrected chi connectivity index (χ1v) is 7.74. The monoisotopic (exact) mass is 291 g/mol. The van der Waals surface area contributed by atoms with E-state index in [1.54, 1.807) is 6.92 Å². The Kier molecular flexibility index (Phi) is 6.21. The van der Waals surface area contributed by atoms with Crippen LogP contribution in [0.1, 0.15) is 38.4 Å². The fourth-order valence-electron chi connectivity index (χ4n) is 2.67. The fourth-order valence-corrected chi connectivity index (χ4v) is 2.67. The van der Waals surface area contributed by atoms with Crippen LogP contribution in [0.5, 0.6) is 0 Å². The number of benzene rings is 1. The predicted octanol–water partition coefficient (Wildman–Crippen LogP) is 2.79. The zero-order valence-electron chi connectivity index (χ0n) is 13.0. The molecule has 21 heavy (non-hydrogen) atoms. The smallest absolute Gasteiger partial charge is 0.219 e. The molecule has 1 aliphatic rings. The molecular formula is C17H25NO3. The number of ether oxygens (including phenoxy) is 2. The summed E-state index contributed by atoms with van der Waals surface area (Å²) < 4.78 is 11.8. The molecule has 0 N–H and O–H groups in total. The molecule has 0 radical (unpaired) electrons. The van der Waals surface area contributed by atoms with Crippen LogP contribution in [-0.4, -0.2) is 43.2 Å². The maximum absolute atomic E-state index is 11.3. The Hall–Kier alpha value is -1.39. The fraction of sp³-hybridized carbons (Fsp3) is 0.588. The highest BCUT2D eigenvalue weighted by Crippen LogP contribution is 2.21. The molecule has 0 aromatic heterocycles. The Balaban J connectivity index is 1.82. The summed E-state index contributed by atoms with van der Waals surface area (Å²) in [5, 5.41) is 0. The van der Waals surface area contributed by atoms with Gasteiger partial charge in [0.2, 0.25) is 5.91 Å². The lowest BCUT2D eigenvalue weighted by molar-refractivity contribution is -0.132. The first kappa shape index (κ1) is 16.0. The number of likely N-dealkylation sites (tertiary alicyclic amines) is 1. The van der Waals surface area contributed by atoms with Crippen molar-refractivity contribution < 1.29 is 14.3 Å². The third kappa shape index (κ3) is 4.83. The minimum atomic E-state index is -0.0120. The molecule has 4 heteroatoms. The molecule has 4 nitrogen and oxygen atoms in total. The van der Waals surface area contributed by atoms with E-state index in [0.717, 1.165) is 31.5 Å². The molecule has 116 valence electrons. The van der Waals surface area contributed by atoms with E-state index in [1.807, 2.05) is 30.0 Å². The molecule has 1 saturated heterocycles. The number of nitrogens with zero attached hydrogens (tertiary/aromatic N) is 1. The van der Waals surface area contributed by atoms with Crippen LogP contribution in [0.2, 0.25) is 0 Å². The highest BCUT2D eigenvalue weighted by Gasteiger charge is 2.22. The third-order valence-electron chi connectivity index (χ3n) is 3.91. The average Bonchev–Trinajstić information content (AvgIpc) is 2.52. The van der Waals surface area contributed by atoms with Gasteiger partial charge >= 0.3 is 0 Å². The summed E-state index contributed by atoms with van der Waals surface area (Å²) in [4.78, 5) is 13.2. The molecule has 1 atom stereocenters. The van der Waals surface area contributed by atoms with Crippen molar-refractivity contribution in [1.29, 1.82) is 0 Å². The average molecular weight is 291 g/mol. The molecule has 0 unspecified atom stereocenters. The Labute approximate surface area is 127 Å². The van der Waals surface area contributed by atoms with Crippen molar-refractivity contribution in [2.75, 3.05) is 26.3 Å². The van der Waals surface area contributed by atoms with Crippen LogP contribution in [0.4, 0.5) is 0 Å². The van der Waals surface area contributed by atoms with E-state index in [1.165, 1.54) is 0 Å². The summed E-state index contributed by atoms with van der Waals surface area (Å²) in [6, 6.07) is 10.2. The second-order valence-electron chi connectivity index (χ2n) is 5.39. The second-order valence-corrected chi connectivity index (χ2v) is 5.39. The largest absolute Gasteiger partial charge is 0.375 e. The quantitative estimate of drug-likeness (QED) is 0.809. The maximum Gasteiger partial charge on any atom is 0.219 e. The summed E-state index contributed by atoms with van der Waals surface area (Å²) in [6.45, 7) is 6.46. The molecule has 0 aliphatic carbocycles. The molecule has 1 fully saturated rings. The van der Waals surface area contributed by atoms with Crippen LogP contribution in [-0.2, 0) is 14.3 Å². The van der Waals surface area contributed by atoms with Crippen molar-refractivity contribution in [1.82, 2.24) is 4.90 Å². The SMILES string of the molecule is CCO[C@@H](COC1CCN(C(C)=O)CC1)c1ccccc1. The minimum absolute atomic E-state index is 0.0120. The number of hydrogen-bond acceptors (Lipinski definition) is 3. The number of piperidine rings is 1. The van der Waals surface area contributed by atoms with E-state index in [4.69, 9.17) is 9.47 Å². The highest BCUT2D eigenvalue weighted by molar-refractivity contribution is 5.73. The zero-order valence-corrected chi connectivity index (χ0v) is 13.0. The van der Waals surface area contributed by atoms with Gasteiger partial charge < -0.3 is 14.4 Å². The lowest BCUT2D eigenvalue weighted by atomic mass is 10.1. The van der Waals surface area contributed by atoms with Gasteiger partial charge in [0.05, 0.1) is 12.7 Å². The van der Waals surface area contributed by atoms with E-state index in [9.17, 15) is 4.79 Å². The topological polar surface area (TPSA) is 38.8 Å². The van der Waals surface area contributed by atoms with Crippen LogP contribution < -0.4 is 0 Å². The molecular weight excluding hydrogens is 266 g/mol. The molecule has 1 heterocycles. The molecule has 0 bridgehead atoms. The van der Waals surface area contributed by atoms with Gasteiger partial charge in [0.25, 0.3) is 0 Å². The summed E-state index contributed by atoms with van der Waals surface area (Å²) in [6.07, 6.45) is 2.04. The standard InChI is InChI=1S/C17H25NO3/c1-3-20-17(15-7-5-4-6-8-15)13-21-16-9-11-18(12-10-16)14(2)19/h4-8,16-17H,3,9-13H2,1-2H3/t17-/m0/s1. The van der Waals surface area contributed by atoms with E-state index >= 15 is 0 Å². The number of amides is 1. The Morgan fingerprint density at radius 1 is 1.29 bits per heavy atom. The Bertz CT molecular complexity index is 427. The number of carbonyl (C=O) groups is 1. The Morgan fingerprint density at radius 2 is 1.95 bits per heavy atom. The van der Waals surface area contributed by atoms with Crippen LogP contribution in [0, 0.1) is 0 Å². The predicted molar refractivity (Wildman–Crippen MR) is 82.0 cm³/mol. The van der Waals surface area contributed by atoms with Crippen LogP contribution >= 0.6 is 0 Å². The molecule has 1 amide bonds. The number of carbonyl (C=O) groups excluding carboxylic acids is 1. The first-order chi connectivity index (χ1) is 10.2. The van der Waals surface area contributed by atoms with Gasteiger partial charge in [0, 0.05) is 26.6 Å². The molecule has 1 aromatic carbocycles. The van der Waals surface area contributed by atoms with E-state index in [0.29, 0.717) is 13.2 Å². The molecule has 1 aromatic rings. The number of rotatable bonds is 6. The molecule has 0 saturated carbocycles. The van der Waals surface area contributed by atoms with Crippen LogP contribution in [0.25, 0.3) is 0 Å². The van der Waals surface area contributed by atoms with Gasteiger partial charge in [-0.3, -0.25) is 4.79 Å². The third-order valence-corrected chi connectivity index (χ3v) is 3.91. The maximum atomic E-state index is 11.3. The van der Waals surface area contributed by atoms with Crippen molar-refractivity contribution in [2.45, 2.75) is 38.9 Å². The van der Waals surface area contributed by atoms with E-state index in [-0.39, 0.29) is 18.1 Å². The summed E-state index contributed by atoms with van der Waals surface area (Å²) in [5.74, 6) is 0.157. The van der Waals surface area contributed by atoms with E-state index < -0.39 is 0 Å². The Morgan fingerprint density at radius 3 is 2.52 bits per heavy atom. The zero-order chi connectivity index (χ0) is 15.1. The lowest BCUT2D eigenvalue weighted by Crippen LogP contribution is -2.40. The second kappa shape index (κ2) is 8.15. The highest BCUT2D eigenvalue weighted by atomic mass is 16.5. The van der Waals surface area contributed by atoms with Crippen LogP contribution in [0.3, 0.4) is 0 Å². The summed E-state index contributed by atoms with van der Waals surface area (Å²) in [7, 11) is 0. The van der Waals surface area contributed by atoms with Gasteiger partial charge in [-0.05, 0) is 25.3 Å². The molecule has 0 spiro atoms. The molecule has 2 rings (SSSR count). The van der Waals surface area contributed by atoms with E-state index in [2.05, 4.69) is 12.1 Å². The van der Waals surface area contributed by atoms with Gasteiger partial charge in [-0.1, -0.05) is 30.3 Å². The van der Waals surface area contributed by atoms with Gasteiger partial charge in [-0.15, -0.1) is 0 Å². The van der Waals surface area contributed by atoms with Crippen molar-refractivity contribution in [3.8, 4) is 0 Å². The normalized spacial score (nSPS) is 17.7.